The summed E-state index contributed by atoms with van der Waals surface area (Å²) in [4.78, 5) is 23.7. The van der Waals surface area contributed by atoms with E-state index in [4.69, 9.17) is 16.7 Å². The normalized spacial score (nSPS) is 21.1. The molecule has 7 nitrogen and oxygen atoms in total. The molecule has 2 aromatic rings. The van der Waals surface area contributed by atoms with Crippen LogP contribution in [0.2, 0.25) is 5.15 Å². The summed E-state index contributed by atoms with van der Waals surface area (Å²) in [6.45, 7) is 5.93. The Bertz CT molecular complexity index is 887. The Balaban J connectivity index is 1.17. The van der Waals surface area contributed by atoms with Gasteiger partial charge in [-0.05, 0) is 18.9 Å². The molecule has 5 rings (SSSR count). The number of pyridine rings is 1. The average molecular weight is 415 g/mol. The van der Waals surface area contributed by atoms with E-state index in [2.05, 4.69) is 21.0 Å². The first-order chi connectivity index (χ1) is 14.2. The minimum atomic E-state index is 0.259. The largest absolute Gasteiger partial charge is 0.339 e. The van der Waals surface area contributed by atoms with Crippen LogP contribution in [0, 0.1) is 0 Å². The molecule has 1 amide bonds. The lowest BCUT2D eigenvalue weighted by atomic mass is 9.91. The van der Waals surface area contributed by atoms with Gasteiger partial charge < -0.3 is 4.90 Å². The Kier molecular flexibility index (Phi) is 5.28. The number of halogens is 1. The summed E-state index contributed by atoms with van der Waals surface area (Å²) in [5.74, 6) is 0.259. The minimum absolute atomic E-state index is 0.259. The zero-order valence-electron chi connectivity index (χ0n) is 16.6. The van der Waals surface area contributed by atoms with E-state index in [0.29, 0.717) is 11.7 Å². The maximum atomic E-state index is 12.8. The van der Waals surface area contributed by atoms with E-state index in [1.54, 1.807) is 6.20 Å². The fourth-order valence-corrected chi connectivity index (χ4v) is 4.72. The number of piperazine rings is 1. The van der Waals surface area contributed by atoms with Crippen molar-refractivity contribution in [1.29, 1.82) is 0 Å². The van der Waals surface area contributed by atoms with Crippen molar-refractivity contribution in [2.24, 2.45) is 0 Å². The second kappa shape index (κ2) is 8.05. The van der Waals surface area contributed by atoms with E-state index in [1.165, 1.54) is 24.8 Å². The van der Waals surface area contributed by atoms with E-state index in [1.807, 2.05) is 21.7 Å². The fourth-order valence-electron chi connectivity index (χ4n) is 4.55. The molecular weight excluding hydrogens is 388 g/mol. The summed E-state index contributed by atoms with van der Waals surface area (Å²) in [6.07, 6.45) is 8.64. The van der Waals surface area contributed by atoms with Crippen LogP contribution in [0.5, 0.6) is 0 Å². The summed E-state index contributed by atoms with van der Waals surface area (Å²) in [5.41, 5.74) is 3.20. The number of carbonyl (C=O) groups is 1. The van der Waals surface area contributed by atoms with Crippen molar-refractivity contribution in [3.8, 4) is 5.69 Å². The molecule has 1 aliphatic carbocycles. The van der Waals surface area contributed by atoms with Gasteiger partial charge in [-0.3, -0.25) is 14.6 Å². The third kappa shape index (κ3) is 4.04. The van der Waals surface area contributed by atoms with Crippen molar-refractivity contribution in [2.75, 3.05) is 39.3 Å². The van der Waals surface area contributed by atoms with Gasteiger partial charge in [-0.25, -0.2) is 9.67 Å². The summed E-state index contributed by atoms with van der Waals surface area (Å²) in [6, 6.07) is 4.49. The summed E-state index contributed by atoms with van der Waals surface area (Å²) >= 11 is 6.01. The first-order valence-corrected chi connectivity index (χ1v) is 11.0. The number of rotatable bonds is 4. The molecule has 0 bridgehead atoms. The molecule has 0 atom stereocenters. The highest BCUT2D eigenvalue weighted by Gasteiger charge is 2.30. The van der Waals surface area contributed by atoms with Gasteiger partial charge in [0.25, 0.3) is 0 Å². The molecule has 0 N–H and O–H groups in total. The first kappa shape index (κ1) is 19.0. The monoisotopic (exact) mass is 414 g/mol. The number of aromatic nitrogens is 3. The topological polar surface area (TPSA) is 57.5 Å². The van der Waals surface area contributed by atoms with E-state index < -0.39 is 0 Å². The number of amides is 1. The molecule has 0 unspecified atom stereocenters. The van der Waals surface area contributed by atoms with Crippen LogP contribution >= 0.6 is 11.6 Å². The van der Waals surface area contributed by atoms with E-state index in [9.17, 15) is 4.79 Å². The van der Waals surface area contributed by atoms with Crippen LogP contribution in [0.25, 0.3) is 5.69 Å². The van der Waals surface area contributed by atoms with Gasteiger partial charge in [-0.15, -0.1) is 0 Å². The predicted molar refractivity (Wildman–Crippen MR) is 111 cm³/mol. The molecule has 8 heteroatoms. The van der Waals surface area contributed by atoms with Crippen LogP contribution in [-0.4, -0.2) is 80.7 Å². The highest BCUT2D eigenvalue weighted by atomic mass is 35.5. The van der Waals surface area contributed by atoms with E-state index >= 15 is 0 Å². The summed E-state index contributed by atoms with van der Waals surface area (Å²) in [7, 11) is 0. The molecule has 2 fully saturated rings. The molecule has 3 aliphatic rings. The third-order valence-corrected chi connectivity index (χ3v) is 6.73. The van der Waals surface area contributed by atoms with Crippen LogP contribution in [0.4, 0.5) is 0 Å². The van der Waals surface area contributed by atoms with Crippen molar-refractivity contribution in [3.05, 3.63) is 40.9 Å². The van der Waals surface area contributed by atoms with Gasteiger partial charge in [0.15, 0.2) is 0 Å². The number of fused-ring (bicyclic) bond motifs is 1. The number of nitrogens with zero attached hydrogens (tertiary/aromatic N) is 6. The molecule has 4 heterocycles. The van der Waals surface area contributed by atoms with Gasteiger partial charge in [0.2, 0.25) is 5.91 Å². The standard InChI is InChI=1S/C21H27ClN6O/c22-20-12-18(4-6-23-20)28-14-16-13-25(7-5-19(16)24-28)15-21(29)27-10-8-26(9-11-27)17-2-1-3-17/h4,6,12,14,17H,1-3,5,7-11,13,15H2. The van der Waals surface area contributed by atoms with Crippen LogP contribution in [-0.2, 0) is 17.8 Å². The van der Waals surface area contributed by atoms with Gasteiger partial charge in [-0.2, -0.15) is 5.10 Å². The molecule has 0 spiro atoms. The number of hydrogen-bond donors (Lipinski definition) is 0. The Labute approximate surface area is 176 Å². The van der Waals surface area contributed by atoms with Gasteiger partial charge >= 0.3 is 0 Å². The molecule has 2 aromatic heterocycles. The molecule has 1 saturated carbocycles. The van der Waals surface area contributed by atoms with Crippen LogP contribution < -0.4 is 0 Å². The highest BCUT2D eigenvalue weighted by Crippen LogP contribution is 2.26. The van der Waals surface area contributed by atoms with Crippen molar-refractivity contribution >= 4 is 17.5 Å². The van der Waals surface area contributed by atoms with Gasteiger partial charge in [0.1, 0.15) is 5.15 Å². The van der Waals surface area contributed by atoms with Crippen molar-refractivity contribution in [2.45, 2.75) is 38.3 Å². The molecule has 1 saturated heterocycles. The maximum absolute atomic E-state index is 12.8. The first-order valence-electron chi connectivity index (χ1n) is 10.6. The zero-order chi connectivity index (χ0) is 19.8. The lowest BCUT2D eigenvalue weighted by Gasteiger charge is -2.43. The second-order valence-corrected chi connectivity index (χ2v) is 8.73. The van der Waals surface area contributed by atoms with Gasteiger partial charge in [0, 0.05) is 75.8 Å². The SMILES string of the molecule is O=C(CN1CCc2nn(-c3ccnc(Cl)c3)cc2C1)N1CCN(C2CCC2)CC1. The quantitative estimate of drug-likeness (QED) is 0.716. The molecule has 154 valence electrons. The third-order valence-electron chi connectivity index (χ3n) is 6.53. The molecule has 29 heavy (non-hydrogen) atoms. The number of hydrogen-bond acceptors (Lipinski definition) is 5. The maximum Gasteiger partial charge on any atom is 0.236 e. The highest BCUT2D eigenvalue weighted by molar-refractivity contribution is 6.29. The average Bonchev–Trinajstić information content (AvgIpc) is 3.11. The Hall–Kier alpha value is -1.96. The smallest absolute Gasteiger partial charge is 0.236 e. The second-order valence-electron chi connectivity index (χ2n) is 8.34. The summed E-state index contributed by atoms with van der Waals surface area (Å²) < 4.78 is 1.86. The van der Waals surface area contributed by atoms with Crippen LogP contribution in [0.15, 0.2) is 24.5 Å². The van der Waals surface area contributed by atoms with Gasteiger partial charge in [0.05, 0.1) is 17.9 Å². The van der Waals surface area contributed by atoms with E-state index in [-0.39, 0.29) is 5.91 Å². The zero-order valence-corrected chi connectivity index (χ0v) is 17.4. The molecular formula is C21H27ClN6O. The lowest BCUT2D eigenvalue weighted by molar-refractivity contribution is -0.135. The van der Waals surface area contributed by atoms with Crippen LogP contribution in [0.3, 0.4) is 0 Å². The molecule has 0 aromatic carbocycles. The Morgan fingerprint density at radius 2 is 2.00 bits per heavy atom. The Morgan fingerprint density at radius 3 is 2.72 bits per heavy atom. The minimum Gasteiger partial charge on any atom is -0.339 e. The molecule has 0 radical (unpaired) electrons. The Morgan fingerprint density at radius 1 is 1.17 bits per heavy atom. The number of carbonyl (C=O) groups excluding carboxylic acids is 1. The van der Waals surface area contributed by atoms with Crippen LogP contribution in [0.1, 0.15) is 30.5 Å². The lowest BCUT2D eigenvalue weighted by Crippen LogP contribution is -2.55. The van der Waals surface area contributed by atoms with Gasteiger partial charge in [-0.1, -0.05) is 18.0 Å². The predicted octanol–water partition coefficient (Wildman–Crippen LogP) is 1.98. The van der Waals surface area contributed by atoms with Crippen molar-refractivity contribution in [1.82, 2.24) is 29.5 Å². The van der Waals surface area contributed by atoms with Crippen molar-refractivity contribution < 1.29 is 4.79 Å². The fraction of sp³-hybridized carbons (Fsp3) is 0.571. The molecule has 2 aliphatic heterocycles. The summed E-state index contributed by atoms with van der Waals surface area (Å²) in [5, 5.41) is 5.17. The van der Waals surface area contributed by atoms with E-state index in [0.717, 1.165) is 63.1 Å². The van der Waals surface area contributed by atoms with Crippen molar-refractivity contribution in [3.63, 3.8) is 0 Å².